The molecular weight excluding hydrogens is 236 g/mol. The van der Waals surface area contributed by atoms with Gasteiger partial charge in [-0.1, -0.05) is 0 Å². The van der Waals surface area contributed by atoms with Gasteiger partial charge in [0.1, 0.15) is 0 Å². The van der Waals surface area contributed by atoms with Gasteiger partial charge in [0.2, 0.25) is 0 Å². The van der Waals surface area contributed by atoms with E-state index >= 15 is 0 Å². The third-order valence-corrected chi connectivity index (χ3v) is 3.54. The Morgan fingerprint density at radius 1 is 1.50 bits per heavy atom. The number of carbonyl (C=O) groups excluding carboxylic acids is 1. The standard InChI is InChI=1S/C12H20N2O4/c1-12(4-5-18-7-12)14-11(17)13-9(6-10(15)16)8-2-3-8/h8-9H,2-7H2,1H3,(H,15,16)(H2,13,14,17). The molecule has 0 spiro atoms. The number of rotatable bonds is 5. The number of carbonyl (C=O) groups is 2. The van der Waals surface area contributed by atoms with Crippen LogP contribution in [-0.2, 0) is 9.53 Å². The molecule has 0 radical (unpaired) electrons. The smallest absolute Gasteiger partial charge is 0.315 e. The van der Waals surface area contributed by atoms with Crippen molar-refractivity contribution in [3.8, 4) is 0 Å². The normalized spacial score (nSPS) is 28.7. The molecule has 6 nitrogen and oxygen atoms in total. The van der Waals surface area contributed by atoms with Crippen molar-refractivity contribution in [1.29, 1.82) is 0 Å². The van der Waals surface area contributed by atoms with Gasteiger partial charge in [0, 0.05) is 12.6 Å². The van der Waals surface area contributed by atoms with Gasteiger partial charge in [-0.15, -0.1) is 0 Å². The monoisotopic (exact) mass is 256 g/mol. The Balaban J connectivity index is 1.82. The summed E-state index contributed by atoms with van der Waals surface area (Å²) >= 11 is 0. The van der Waals surface area contributed by atoms with E-state index in [0.29, 0.717) is 19.1 Å². The second-order valence-corrected chi connectivity index (χ2v) is 5.50. The lowest BCUT2D eigenvalue weighted by atomic mass is 10.0. The first-order chi connectivity index (χ1) is 8.48. The molecule has 1 aliphatic carbocycles. The Bertz CT molecular complexity index is 335. The maximum Gasteiger partial charge on any atom is 0.315 e. The Morgan fingerprint density at radius 3 is 2.72 bits per heavy atom. The predicted molar refractivity (Wildman–Crippen MR) is 64.3 cm³/mol. The molecule has 2 unspecified atom stereocenters. The Morgan fingerprint density at radius 2 is 2.22 bits per heavy atom. The molecule has 2 fully saturated rings. The van der Waals surface area contributed by atoms with Crippen molar-refractivity contribution in [3.63, 3.8) is 0 Å². The molecule has 2 amide bonds. The third kappa shape index (κ3) is 3.60. The van der Waals surface area contributed by atoms with E-state index in [1.807, 2.05) is 6.92 Å². The summed E-state index contributed by atoms with van der Waals surface area (Å²) in [6, 6.07) is -0.547. The number of aliphatic carboxylic acids is 1. The summed E-state index contributed by atoms with van der Waals surface area (Å²) in [4.78, 5) is 22.6. The first-order valence-corrected chi connectivity index (χ1v) is 6.37. The highest BCUT2D eigenvalue weighted by Gasteiger charge is 2.36. The van der Waals surface area contributed by atoms with Crippen LogP contribution in [-0.4, -0.2) is 41.9 Å². The summed E-state index contributed by atoms with van der Waals surface area (Å²) in [6.45, 7) is 3.09. The molecule has 2 atom stereocenters. The summed E-state index contributed by atoms with van der Waals surface area (Å²) in [5, 5.41) is 14.5. The van der Waals surface area contributed by atoms with Crippen molar-refractivity contribution in [2.75, 3.05) is 13.2 Å². The molecule has 6 heteroatoms. The summed E-state index contributed by atoms with van der Waals surface area (Å²) in [6.07, 6.45) is 2.77. The second-order valence-electron chi connectivity index (χ2n) is 5.50. The molecule has 0 aromatic rings. The zero-order chi connectivity index (χ0) is 13.2. The van der Waals surface area contributed by atoms with Crippen molar-refractivity contribution in [2.24, 2.45) is 5.92 Å². The summed E-state index contributed by atoms with van der Waals surface area (Å²) in [5.41, 5.74) is -0.332. The van der Waals surface area contributed by atoms with Gasteiger partial charge >= 0.3 is 12.0 Å². The fourth-order valence-corrected chi connectivity index (χ4v) is 2.27. The van der Waals surface area contributed by atoms with Crippen molar-refractivity contribution in [1.82, 2.24) is 10.6 Å². The van der Waals surface area contributed by atoms with Crippen LogP contribution < -0.4 is 10.6 Å². The number of ether oxygens (including phenoxy) is 1. The molecule has 1 heterocycles. The Hall–Kier alpha value is -1.30. The maximum atomic E-state index is 11.9. The average Bonchev–Trinajstić information content (AvgIpc) is 3.01. The summed E-state index contributed by atoms with van der Waals surface area (Å²) in [7, 11) is 0. The van der Waals surface area contributed by atoms with Gasteiger partial charge in [0.15, 0.2) is 0 Å². The Labute approximate surface area is 106 Å². The topological polar surface area (TPSA) is 87.7 Å². The summed E-state index contributed by atoms with van der Waals surface area (Å²) in [5.74, 6) is -0.554. The van der Waals surface area contributed by atoms with E-state index in [9.17, 15) is 9.59 Å². The maximum absolute atomic E-state index is 11.9. The van der Waals surface area contributed by atoms with Crippen LogP contribution in [0.2, 0.25) is 0 Å². The number of carboxylic acids is 1. The quantitative estimate of drug-likeness (QED) is 0.676. The molecule has 18 heavy (non-hydrogen) atoms. The van der Waals surface area contributed by atoms with Gasteiger partial charge in [-0.2, -0.15) is 0 Å². The van der Waals surface area contributed by atoms with Crippen LogP contribution in [0.25, 0.3) is 0 Å². The zero-order valence-corrected chi connectivity index (χ0v) is 10.6. The van der Waals surface area contributed by atoms with Crippen LogP contribution >= 0.6 is 0 Å². The molecule has 1 saturated heterocycles. The molecule has 0 bridgehead atoms. The largest absolute Gasteiger partial charge is 0.481 e. The number of amides is 2. The highest BCUT2D eigenvalue weighted by molar-refractivity contribution is 5.76. The van der Waals surface area contributed by atoms with E-state index in [2.05, 4.69) is 10.6 Å². The molecule has 2 rings (SSSR count). The first kappa shape index (κ1) is 13.1. The van der Waals surface area contributed by atoms with Crippen LogP contribution in [0.4, 0.5) is 4.79 Å². The number of hydrogen-bond donors (Lipinski definition) is 3. The van der Waals surface area contributed by atoms with Crippen LogP contribution in [0.15, 0.2) is 0 Å². The van der Waals surface area contributed by atoms with E-state index in [1.54, 1.807) is 0 Å². The predicted octanol–water partition coefficient (Wildman–Crippen LogP) is 0.718. The first-order valence-electron chi connectivity index (χ1n) is 6.37. The molecule has 2 aliphatic rings. The van der Waals surface area contributed by atoms with E-state index < -0.39 is 5.97 Å². The second kappa shape index (κ2) is 5.14. The van der Waals surface area contributed by atoms with Crippen LogP contribution in [0.1, 0.15) is 32.6 Å². The fourth-order valence-electron chi connectivity index (χ4n) is 2.27. The zero-order valence-electron chi connectivity index (χ0n) is 10.6. The SMILES string of the molecule is CC1(NC(=O)NC(CC(=O)O)C2CC2)CCOC1. The molecule has 1 saturated carbocycles. The molecule has 3 N–H and O–H groups in total. The van der Waals surface area contributed by atoms with E-state index in [-0.39, 0.29) is 24.0 Å². The van der Waals surface area contributed by atoms with Crippen molar-refractivity contribution < 1.29 is 19.4 Å². The van der Waals surface area contributed by atoms with Crippen LogP contribution in [0, 0.1) is 5.92 Å². The van der Waals surface area contributed by atoms with Crippen molar-refractivity contribution >= 4 is 12.0 Å². The third-order valence-electron chi connectivity index (χ3n) is 3.54. The summed E-state index contributed by atoms with van der Waals surface area (Å²) < 4.78 is 5.25. The van der Waals surface area contributed by atoms with Gasteiger partial charge in [0.25, 0.3) is 0 Å². The van der Waals surface area contributed by atoms with Gasteiger partial charge < -0.3 is 20.5 Å². The van der Waals surface area contributed by atoms with E-state index in [4.69, 9.17) is 9.84 Å². The minimum absolute atomic E-state index is 0.00863. The number of hydrogen-bond acceptors (Lipinski definition) is 3. The minimum atomic E-state index is -0.873. The van der Waals surface area contributed by atoms with Gasteiger partial charge in [-0.25, -0.2) is 4.79 Å². The molecule has 0 aromatic carbocycles. The van der Waals surface area contributed by atoms with Crippen LogP contribution in [0.5, 0.6) is 0 Å². The number of nitrogens with one attached hydrogen (secondary N) is 2. The molecule has 1 aliphatic heterocycles. The lowest BCUT2D eigenvalue weighted by Crippen LogP contribution is -2.53. The molecular formula is C12H20N2O4. The van der Waals surface area contributed by atoms with E-state index in [0.717, 1.165) is 19.3 Å². The van der Waals surface area contributed by atoms with Gasteiger partial charge in [-0.3, -0.25) is 4.79 Å². The van der Waals surface area contributed by atoms with Gasteiger partial charge in [-0.05, 0) is 32.1 Å². The highest BCUT2D eigenvalue weighted by Crippen LogP contribution is 2.34. The average molecular weight is 256 g/mol. The highest BCUT2D eigenvalue weighted by atomic mass is 16.5. The lowest BCUT2D eigenvalue weighted by Gasteiger charge is -2.25. The fraction of sp³-hybridized carbons (Fsp3) is 0.833. The number of urea groups is 1. The number of carboxylic acid groups (broad SMARTS) is 1. The van der Waals surface area contributed by atoms with Crippen LogP contribution in [0.3, 0.4) is 0 Å². The lowest BCUT2D eigenvalue weighted by molar-refractivity contribution is -0.137. The van der Waals surface area contributed by atoms with Crippen molar-refractivity contribution in [2.45, 2.75) is 44.2 Å². The molecule has 102 valence electrons. The Kier molecular flexibility index (Phi) is 3.75. The van der Waals surface area contributed by atoms with Crippen molar-refractivity contribution in [3.05, 3.63) is 0 Å². The van der Waals surface area contributed by atoms with E-state index in [1.165, 1.54) is 0 Å². The minimum Gasteiger partial charge on any atom is -0.481 e. The van der Waals surface area contributed by atoms with Gasteiger partial charge in [0.05, 0.1) is 18.6 Å². The molecule has 0 aromatic heterocycles.